The van der Waals surface area contributed by atoms with Crippen LogP contribution in [0.15, 0.2) is 22.7 Å². The lowest BCUT2D eigenvalue weighted by Gasteiger charge is -2.31. The number of rotatable bonds is 5. The van der Waals surface area contributed by atoms with E-state index in [4.69, 9.17) is 5.11 Å². The van der Waals surface area contributed by atoms with Gasteiger partial charge in [0.2, 0.25) is 0 Å². The SMILES string of the molecule is CC(C)N(CC(=O)O)C(C)c1cc(Br)ccc1F. The predicted molar refractivity (Wildman–Crippen MR) is 72.0 cm³/mol. The fourth-order valence-corrected chi connectivity index (χ4v) is 2.32. The Labute approximate surface area is 115 Å². The minimum absolute atomic E-state index is 0.0227. The average molecular weight is 318 g/mol. The first-order valence-corrected chi connectivity index (χ1v) is 6.54. The Morgan fingerprint density at radius 1 is 1.44 bits per heavy atom. The van der Waals surface area contributed by atoms with Crippen molar-refractivity contribution in [1.82, 2.24) is 4.90 Å². The van der Waals surface area contributed by atoms with Gasteiger partial charge in [-0.05, 0) is 39.0 Å². The van der Waals surface area contributed by atoms with Crippen LogP contribution in [-0.2, 0) is 4.79 Å². The number of hydrogen-bond donors (Lipinski definition) is 1. The highest BCUT2D eigenvalue weighted by Gasteiger charge is 2.23. The highest BCUT2D eigenvalue weighted by atomic mass is 79.9. The lowest BCUT2D eigenvalue weighted by molar-refractivity contribution is -0.139. The van der Waals surface area contributed by atoms with Crippen LogP contribution in [0, 0.1) is 5.82 Å². The second-order valence-corrected chi connectivity index (χ2v) is 5.42. The quantitative estimate of drug-likeness (QED) is 0.904. The Balaban J connectivity index is 3.04. The largest absolute Gasteiger partial charge is 0.480 e. The van der Waals surface area contributed by atoms with Gasteiger partial charge < -0.3 is 5.11 Å². The van der Waals surface area contributed by atoms with Crippen molar-refractivity contribution in [3.63, 3.8) is 0 Å². The van der Waals surface area contributed by atoms with Crippen molar-refractivity contribution in [1.29, 1.82) is 0 Å². The lowest BCUT2D eigenvalue weighted by Crippen LogP contribution is -2.38. The molecule has 0 aliphatic heterocycles. The van der Waals surface area contributed by atoms with Gasteiger partial charge in [-0.2, -0.15) is 0 Å². The minimum Gasteiger partial charge on any atom is -0.480 e. The molecule has 0 fully saturated rings. The van der Waals surface area contributed by atoms with Crippen LogP contribution in [0.3, 0.4) is 0 Å². The van der Waals surface area contributed by atoms with Crippen molar-refractivity contribution in [3.05, 3.63) is 34.1 Å². The molecule has 0 aliphatic rings. The van der Waals surface area contributed by atoms with E-state index in [1.807, 2.05) is 20.8 Å². The number of carbonyl (C=O) groups is 1. The Bertz CT molecular complexity index is 437. The smallest absolute Gasteiger partial charge is 0.317 e. The van der Waals surface area contributed by atoms with Gasteiger partial charge in [-0.15, -0.1) is 0 Å². The van der Waals surface area contributed by atoms with E-state index < -0.39 is 5.97 Å². The van der Waals surface area contributed by atoms with Crippen molar-refractivity contribution in [2.45, 2.75) is 32.9 Å². The van der Waals surface area contributed by atoms with Crippen LogP contribution in [0.4, 0.5) is 4.39 Å². The fraction of sp³-hybridized carbons (Fsp3) is 0.462. The highest BCUT2D eigenvalue weighted by Crippen LogP contribution is 2.27. The maximum atomic E-state index is 13.8. The van der Waals surface area contributed by atoms with E-state index in [1.54, 1.807) is 17.0 Å². The number of benzene rings is 1. The molecular formula is C13H17BrFNO2. The summed E-state index contributed by atoms with van der Waals surface area (Å²) in [5.74, 6) is -1.23. The van der Waals surface area contributed by atoms with Crippen LogP contribution in [0.1, 0.15) is 32.4 Å². The zero-order valence-electron chi connectivity index (χ0n) is 10.7. The van der Waals surface area contributed by atoms with E-state index in [2.05, 4.69) is 15.9 Å². The molecule has 0 bridgehead atoms. The van der Waals surface area contributed by atoms with Gasteiger partial charge in [-0.3, -0.25) is 9.69 Å². The Kier molecular flexibility index (Phi) is 5.28. The van der Waals surface area contributed by atoms with Crippen molar-refractivity contribution >= 4 is 21.9 Å². The fourth-order valence-electron chi connectivity index (χ4n) is 1.94. The summed E-state index contributed by atoms with van der Waals surface area (Å²) in [6.07, 6.45) is 0. The summed E-state index contributed by atoms with van der Waals surface area (Å²) < 4.78 is 14.6. The molecule has 1 atom stereocenters. The van der Waals surface area contributed by atoms with Gasteiger partial charge in [0.05, 0.1) is 6.54 Å². The summed E-state index contributed by atoms with van der Waals surface area (Å²) in [5.41, 5.74) is 0.499. The molecule has 0 aromatic heterocycles. The molecule has 0 radical (unpaired) electrons. The van der Waals surface area contributed by atoms with Gasteiger partial charge in [-0.1, -0.05) is 15.9 Å². The topological polar surface area (TPSA) is 40.5 Å². The van der Waals surface area contributed by atoms with Crippen molar-refractivity contribution in [2.75, 3.05) is 6.54 Å². The molecule has 0 heterocycles. The van der Waals surface area contributed by atoms with Crippen LogP contribution in [0.2, 0.25) is 0 Å². The third-order valence-electron chi connectivity index (χ3n) is 2.89. The molecule has 0 saturated carbocycles. The highest BCUT2D eigenvalue weighted by molar-refractivity contribution is 9.10. The van der Waals surface area contributed by atoms with E-state index >= 15 is 0 Å². The first-order chi connectivity index (χ1) is 8.32. The van der Waals surface area contributed by atoms with Crippen LogP contribution in [-0.4, -0.2) is 28.6 Å². The molecule has 0 aliphatic carbocycles. The predicted octanol–water partition coefficient (Wildman–Crippen LogP) is 3.44. The monoisotopic (exact) mass is 317 g/mol. The number of hydrogen-bond acceptors (Lipinski definition) is 2. The molecule has 18 heavy (non-hydrogen) atoms. The summed E-state index contributed by atoms with van der Waals surface area (Å²) in [6, 6.07) is 4.43. The molecule has 1 aromatic carbocycles. The molecule has 0 amide bonds. The third-order valence-corrected chi connectivity index (χ3v) is 3.38. The van der Waals surface area contributed by atoms with E-state index in [1.165, 1.54) is 6.07 Å². The summed E-state index contributed by atoms with van der Waals surface area (Å²) in [7, 11) is 0. The Morgan fingerprint density at radius 3 is 2.56 bits per heavy atom. The number of carboxylic acid groups (broad SMARTS) is 1. The van der Waals surface area contributed by atoms with Gasteiger partial charge in [0, 0.05) is 22.1 Å². The van der Waals surface area contributed by atoms with Crippen LogP contribution in [0.25, 0.3) is 0 Å². The molecule has 1 unspecified atom stereocenters. The summed E-state index contributed by atoms with van der Waals surface area (Å²) >= 11 is 3.30. The maximum absolute atomic E-state index is 13.8. The third kappa shape index (κ3) is 3.78. The normalized spacial score (nSPS) is 13.1. The van der Waals surface area contributed by atoms with Gasteiger partial charge in [-0.25, -0.2) is 4.39 Å². The first-order valence-electron chi connectivity index (χ1n) is 5.75. The number of halogens is 2. The van der Waals surface area contributed by atoms with Crippen molar-refractivity contribution in [3.8, 4) is 0 Å². The van der Waals surface area contributed by atoms with Gasteiger partial charge in [0.1, 0.15) is 5.82 Å². The second-order valence-electron chi connectivity index (χ2n) is 4.50. The average Bonchev–Trinajstić information content (AvgIpc) is 2.27. The van der Waals surface area contributed by atoms with E-state index in [0.29, 0.717) is 5.56 Å². The summed E-state index contributed by atoms with van der Waals surface area (Å²) in [6.45, 7) is 5.50. The second kappa shape index (κ2) is 6.29. The van der Waals surface area contributed by atoms with Crippen molar-refractivity contribution < 1.29 is 14.3 Å². The van der Waals surface area contributed by atoms with Crippen LogP contribution >= 0.6 is 15.9 Å². The van der Waals surface area contributed by atoms with E-state index in [9.17, 15) is 9.18 Å². The molecule has 1 N–H and O–H groups in total. The zero-order chi connectivity index (χ0) is 13.9. The van der Waals surface area contributed by atoms with Gasteiger partial charge >= 0.3 is 5.97 Å². The lowest BCUT2D eigenvalue weighted by atomic mass is 10.0. The molecule has 0 saturated heterocycles. The van der Waals surface area contributed by atoms with Gasteiger partial charge in [0.15, 0.2) is 0 Å². The van der Waals surface area contributed by atoms with E-state index in [0.717, 1.165) is 4.47 Å². The maximum Gasteiger partial charge on any atom is 0.317 e. The van der Waals surface area contributed by atoms with Gasteiger partial charge in [0.25, 0.3) is 0 Å². The molecular weight excluding hydrogens is 301 g/mol. The van der Waals surface area contributed by atoms with Crippen LogP contribution < -0.4 is 0 Å². The molecule has 3 nitrogen and oxygen atoms in total. The Hall–Kier alpha value is -0.940. The minimum atomic E-state index is -0.911. The summed E-state index contributed by atoms with van der Waals surface area (Å²) in [4.78, 5) is 12.6. The Morgan fingerprint density at radius 2 is 2.06 bits per heavy atom. The summed E-state index contributed by atoms with van der Waals surface area (Å²) in [5, 5.41) is 8.91. The van der Waals surface area contributed by atoms with E-state index in [-0.39, 0.29) is 24.4 Å². The number of aliphatic carboxylic acids is 1. The van der Waals surface area contributed by atoms with Crippen molar-refractivity contribution in [2.24, 2.45) is 0 Å². The van der Waals surface area contributed by atoms with Crippen LogP contribution in [0.5, 0.6) is 0 Å². The number of carboxylic acids is 1. The molecule has 0 spiro atoms. The first kappa shape index (κ1) is 15.1. The molecule has 1 rings (SSSR count). The molecule has 1 aromatic rings. The molecule has 5 heteroatoms. The molecule has 100 valence electrons. The zero-order valence-corrected chi connectivity index (χ0v) is 12.2. The standard InChI is InChI=1S/C13H17BrFNO2/c1-8(2)16(7-13(17)18)9(3)11-6-10(14)4-5-12(11)15/h4-6,8-9H,7H2,1-3H3,(H,17,18). The number of nitrogens with zero attached hydrogens (tertiary/aromatic N) is 1.